The third-order valence-electron chi connectivity index (χ3n) is 5.94. The van der Waals surface area contributed by atoms with Crippen LogP contribution in [0.1, 0.15) is 48.0 Å². The van der Waals surface area contributed by atoms with Crippen LogP contribution in [-0.2, 0) is 13.9 Å². The molecule has 0 aromatic rings. The van der Waals surface area contributed by atoms with Gasteiger partial charge in [-0.2, -0.15) is 0 Å². The highest BCUT2D eigenvalue weighted by Crippen LogP contribution is 2.42. The van der Waals surface area contributed by atoms with Crippen molar-refractivity contribution in [2.75, 3.05) is 13.4 Å². The van der Waals surface area contributed by atoms with Gasteiger partial charge in [-0.15, -0.1) is 0 Å². The standard InChI is InChI=1S/C23H47IO3Si2/c1-12-14-20(26-19-25-17-18-28(7,8)9)23(5,6)21(15-13-16-24)27-29(10,11)22(2,3)4/h12-14,16,20-21H,15,17-19H2,1-11H3/b14-12+,16-13-/t20-,21-/m0/s1. The van der Waals surface area contributed by atoms with Crippen molar-refractivity contribution in [1.82, 2.24) is 0 Å². The predicted octanol–water partition coefficient (Wildman–Crippen LogP) is 8.02. The van der Waals surface area contributed by atoms with Gasteiger partial charge in [-0.25, -0.2) is 0 Å². The maximum absolute atomic E-state index is 6.90. The molecule has 29 heavy (non-hydrogen) atoms. The highest BCUT2D eigenvalue weighted by Gasteiger charge is 2.44. The molecule has 0 aromatic heterocycles. The van der Waals surface area contributed by atoms with Crippen molar-refractivity contribution in [1.29, 1.82) is 0 Å². The van der Waals surface area contributed by atoms with Gasteiger partial charge in [0.15, 0.2) is 8.32 Å². The van der Waals surface area contributed by atoms with Crippen molar-refractivity contribution < 1.29 is 13.9 Å². The molecular weight excluding hydrogens is 507 g/mol. The third kappa shape index (κ3) is 11.1. The average Bonchev–Trinajstić information content (AvgIpc) is 2.55. The summed E-state index contributed by atoms with van der Waals surface area (Å²) in [6.07, 6.45) is 7.34. The van der Waals surface area contributed by atoms with Crippen LogP contribution in [0, 0.1) is 5.41 Å². The number of hydrogen-bond donors (Lipinski definition) is 0. The lowest BCUT2D eigenvalue weighted by Crippen LogP contribution is -2.51. The van der Waals surface area contributed by atoms with Gasteiger partial charge in [-0.3, -0.25) is 0 Å². The summed E-state index contributed by atoms with van der Waals surface area (Å²) in [4.78, 5) is 0. The van der Waals surface area contributed by atoms with E-state index in [9.17, 15) is 0 Å². The van der Waals surface area contributed by atoms with Crippen molar-refractivity contribution in [3.8, 4) is 0 Å². The number of hydrogen-bond acceptors (Lipinski definition) is 3. The van der Waals surface area contributed by atoms with E-state index in [4.69, 9.17) is 13.9 Å². The molecule has 6 heteroatoms. The first-order chi connectivity index (χ1) is 13.1. The molecule has 0 saturated heterocycles. The summed E-state index contributed by atoms with van der Waals surface area (Å²) in [6, 6.07) is 1.16. The lowest BCUT2D eigenvalue weighted by Gasteiger charge is -2.46. The number of allylic oxidation sites excluding steroid dienone is 1. The predicted molar refractivity (Wildman–Crippen MR) is 142 cm³/mol. The smallest absolute Gasteiger partial charge is 0.192 e. The van der Waals surface area contributed by atoms with Gasteiger partial charge in [0.1, 0.15) is 6.79 Å². The van der Waals surface area contributed by atoms with Gasteiger partial charge in [0.05, 0.1) is 12.2 Å². The molecule has 0 N–H and O–H groups in total. The summed E-state index contributed by atoms with van der Waals surface area (Å²) in [5, 5.41) is 0.173. The van der Waals surface area contributed by atoms with Crippen LogP contribution in [0.5, 0.6) is 0 Å². The second-order valence-corrected chi connectivity index (χ2v) is 22.3. The number of ether oxygens (including phenoxy) is 2. The quantitative estimate of drug-likeness (QED) is 0.0759. The summed E-state index contributed by atoms with van der Waals surface area (Å²) < 4.78 is 21.1. The van der Waals surface area contributed by atoms with Crippen LogP contribution < -0.4 is 0 Å². The second kappa shape index (κ2) is 12.5. The largest absolute Gasteiger partial charge is 0.413 e. The Labute approximate surface area is 197 Å². The molecule has 2 atom stereocenters. The van der Waals surface area contributed by atoms with Gasteiger partial charge in [0, 0.05) is 20.1 Å². The van der Waals surface area contributed by atoms with Gasteiger partial charge in [-0.05, 0) is 41.6 Å². The summed E-state index contributed by atoms with van der Waals surface area (Å²) in [7, 11) is -2.99. The van der Waals surface area contributed by atoms with E-state index in [0.717, 1.165) is 19.1 Å². The number of halogens is 1. The molecule has 172 valence electrons. The average molecular weight is 555 g/mol. The molecule has 0 unspecified atom stereocenters. The van der Waals surface area contributed by atoms with E-state index in [1.165, 1.54) is 0 Å². The van der Waals surface area contributed by atoms with E-state index in [2.05, 4.69) is 112 Å². The Morgan fingerprint density at radius 3 is 2.03 bits per heavy atom. The van der Waals surface area contributed by atoms with Crippen molar-refractivity contribution in [3.63, 3.8) is 0 Å². The number of rotatable bonds is 13. The molecule has 0 radical (unpaired) electrons. The Bertz CT molecular complexity index is 517. The minimum Gasteiger partial charge on any atom is -0.413 e. The summed E-state index contributed by atoms with van der Waals surface area (Å²) in [5.74, 6) is 0. The molecule has 0 fully saturated rings. The summed E-state index contributed by atoms with van der Waals surface area (Å²) in [5.41, 5.74) is -0.180. The molecule has 0 aromatic carbocycles. The monoisotopic (exact) mass is 554 g/mol. The Morgan fingerprint density at radius 1 is 1.00 bits per heavy atom. The zero-order valence-corrected chi connectivity index (χ0v) is 25.1. The fourth-order valence-electron chi connectivity index (χ4n) is 2.65. The van der Waals surface area contributed by atoms with Crippen LogP contribution in [0.4, 0.5) is 0 Å². The third-order valence-corrected chi connectivity index (χ3v) is 12.6. The molecule has 0 aliphatic carbocycles. The van der Waals surface area contributed by atoms with Crippen LogP contribution in [0.15, 0.2) is 22.3 Å². The van der Waals surface area contributed by atoms with Gasteiger partial charge in [0.2, 0.25) is 0 Å². The Hall–Kier alpha value is 0.524. The first kappa shape index (κ1) is 29.5. The van der Waals surface area contributed by atoms with E-state index in [0.29, 0.717) is 6.79 Å². The first-order valence-corrected chi connectivity index (χ1v) is 18.7. The molecule has 3 nitrogen and oxygen atoms in total. The highest BCUT2D eigenvalue weighted by atomic mass is 127. The van der Waals surface area contributed by atoms with Gasteiger partial charge in [-0.1, -0.05) is 95.1 Å². The van der Waals surface area contributed by atoms with Crippen LogP contribution in [-0.4, -0.2) is 42.0 Å². The molecule has 0 spiro atoms. The van der Waals surface area contributed by atoms with Crippen molar-refractivity contribution in [2.24, 2.45) is 5.41 Å². The van der Waals surface area contributed by atoms with Crippen molar-refractivity contribution >= 4 is 39.0 Å². The minimum absolute atomic E-state index is 0.0586. The van der Waals surface area contributed by atoms with E-state index in [1.54, 1.807) is 0 Å². The topological polar surface area (TPSA) is 27.7 Å². The SMILES string of the molecule is C/C=C/[C@H](OCOCC[Si](C)(C)C)C(C)(C)[C@H](C/C=C\I)O[Si](C)(C)C(C)(C)C. The first-order valence-electron chi connectivity index (χ1n) is 10.8. The maximum Gasteiger partial charge on any atom is 0.192 e. The maximum atomic E-state index is 6.90. The highest BCUT2D eigenvalue weighted by molar-refractivity contribution is 14.1. The van der Waals surface area contributed by atoms with E-state index >= 15 is 0 Å². The van der Waals surface area contributed by atoms with Gasteiger partial charge >= 0.3 is 0 Å². The second-order valence-electron chi connectivity index (χ2n) is 11.2. The van der Waals surface area contributed by atoms with Crippen LogP contribution in [0.2, 0.25) is 43.8 Å². The zero-order valence-electron chi connectivity index (χ0n) is 20.9. The van der Waals surface area contributed by atoms with E-state index in [-0.39, 0.29) is 22.7 Å². The lowest BCUT2D eigenvalue weighted by atomic mass is 9.79. The Morgan fingerprint density at radius 2 is 1.59 bits per heavy atom. The van der Waals surface area contributed by atoms with Crippen molar-refractivity contribution in [3.05, 3.63) is 22.3 Å². The molecule has 0 amide bonds. The fraction of sp³-hybridized carbons (Fsp3) is 0.826. The molecule has 0 rings (SSSR count). The summed E-state index contributed by atoms with van der Waals surface area (Å²) >= 11 is 2.29. The molecule has 0 aliphatic rings. The van der Waals surface area contributed by atoms with Gasteiger partial charge < -0.3 is 13.9 Å². The van der Waals surface area contributed by atoms with Crippen LogP contribution >= 0.6 is 22.6 Å². The zero-order chi connectivity index (χ0) is 22.9. The fourth-order valence-corrected chi connectivity index (χ4v) is 5.16. The van der Waals surface area contributed by atoms with Crippen LogP contribution in [0.3, 0.4) is 0 Å². The lowest BCUT2D eigenvalue weighted by molar-refractivity contribution is -0.125. The van der Waals surface area contributed by atoms with Crippen molar-refractivity contribution in [2.45, 2.75) is 104 Å². The molecule has 0 aliphatic heterocycles. The Balaban J connectivity index is 5.35. The summed E-state index contributed by atoms with van der Waals surface area (Å²) in [6.45, 7) is 26.3. The van der Waals surface area contributed by atoms with E-state index in [1.807, 2.05) is 6.92 Å². The Kier molecular flexibility index (Phi) is 12.8. The molecule has 0 bridgehead atoms. The minimum atomic E-state index is -1.90. The van der Waals surface area contributed by atoms with Crippen LogP contribution in [0.25, 0.3) is 0 Å². The normalized spacial score (nSPS) is 16.7. The van der Waals surface area contributed by atoms with E-state index < -0.39 is 16.4 Å². The molecule has 0 saturated carbocycles. The van der Waals surface area contributed by atoms with Gasteiger partial charge in [0.25, 0.3) is 0 Å². The molecular formula is C23H47IO3Si2. The molecule has 0 heterocycles.